The number of alkyl halides is 3. The maximum atomic E-state index is 13.2. The van der Waals surface area contributed by atoms with Gasteiger partial charge in [-0.25, -0.2) is 4.79 Å². The average molecular weight is 757 g/mol. The number of esters is 1. The van der Waals surface area contributed by atoms with Gasteiger partial charge in [-0.1, -0.05) is 24.3 Å². The molecule has 0 radical (unpaired) electrons. The molecule has 0 saturated carbocycles. The van der Waals surface area contributed by atoms with Crippen LogP contribution in [0.4, 0.5) is 30.2 Å². The lowest BCUT2D eigenvalue weighted by Gasteiger charge is -2.27. The number of hydrogen-bond acceptors (Lipinski definition) is 12. The Bertz CT molecular complexity index is 1820. The topological polar surface area (TPSA) is 171 Å². The number of carbonyl (C=O) groups excluding carboxylic acids is 5. The highest BCUT2D eigenvalue weighted by Gasteiger charge is 2.45. The Balaban J connectivity index is 0.877. The number of fused-ring (bicyclic) bond motifs is 1. The van der Waals surface area contributed by atoms with Crippen molar-refractivity contribution < 1.29 is 60.8 Å². The van der Waals surface area contributed by atoms with Crippen molar-refractivity contribution in [3.05, 3.63) is 89.0 Å². The summed E-state index contributed by atoms with van der Waals surface area (Å²) in [4.78, 5) is 63.5. The van der Waals surface area contributed by atoms with Crippen LogP contribution in [0.1, 0.15) is 49.5 Å². The maximum Gasteiger partial charge on any atom is 0.416 e. The molecule has 3 aromatic carbocycles. The van der Waals surface area contributed by atoms with Crippen LogP contribution >= 0.6 is 0 Å². The summed E-state index contributed by atoms with van der Waals surface area (Å²) in [5.41, 5.74) is 0.630. The third-order valence-corrected chi connectivity index (χ3v) is 8.22. The largest absolute Gasteiger partial charge is 0.460 e. The quantitative estimate of drug-likeness (QED) is 0.0855. The van der Waals surface area contributed by atoms with E-state index < -0.39 is 47.4 Å². The molecule has 1 saturated heterocycles. The summed E-state index contributed by atoms with van der Waals surface area (Å²) >= 11 is 0. The number of nitrogens with zero attached hydrogens (tertiary/aromatic N) is 1. The molecule has 0 aromatic heterocycles. The van der Waals surface area contributed by atoms with Gasteiger partial charge in [0.25, 0.3) is 11.8 Å². The molecule has 2 heterocycles. The molecular weight excluding hydrogens is 717 g/mol. The lowest BCUT2D eigenvalue weighted by Crippen LogP contribution is -2.54. The predicted octanol–water partition coefficient (Wildman–Crippen LogP) is 4.19. The van der Waals surface area contributed by atoms with Crippen molar-refractivity contribution in [1.29, 1.82) is 0 Å². The summed E-state index contributed by atoms with van der Waals surface area (Å²) in [6.45, 7) is 2.51. The van der Waals surface area contributed by atoms with Gasteiger partial charge in [0.15, 0.2) is 0 Å². The predicted molar refractivity (Wildman–Crippen MR) is 186 cm³/mol. The molecule has 0 bridgehead atoms. The minimum absolute atomic E-state index is 0.0378. The van der Waals surface area contributed by atoms with Gasteiger partial charge in [0.2, 0.25) is 11.8 Å². The van der Waals surface area contributed by atoms with Gasteiger partial charge in [-0.05, 0) is 48.9 Å². The summed E-state index contributed by atoms with van der Waals surface area (Å²) < 4.78 is 66.4. The number of hydrogen-bond donors (Lipinski definition) is 3. The summed E-state index contributed by atoms with van der Waals surface area (Å²) in [7, 11) is 0. The first kappa shape index (κ1) is 39.8. The normalized spacial score (nSPS) is 15.6. The molecule has 1 fully saturated rings. The smallest absolute Gasteiger partial charge is 0.416 e. The third-order valence-electron chi connectivity index (χ3n) is 8.22. The van der Waals surface area contributed by atoms with E-state index in [4.69, 9.17) is 23.7 Å². The minimum Gasteiger partial charge on any atom is -0.460 e. The van der Waals surface area contributed by atoms with Crippen molar-refractivity contribution in [3.8, 4) is 0 Å². The monoisotopic (exact) mass is 756 g/mol. The lowest BCUT2D eigenvalue weighted by molar-refractivity contribution is -0.138. The van der Waals surface area contributed by atoms with Crippen molar-refractivity contribution >= 4 is 46.7 Å². The van der Waals surface area contributed by atoms with E-state index in [0.717, 1.165) is 17.0 Å². The number of imide groups is 2. The zero-order chi connectivity index (χ0) is 38.5. The fourth-order valence-electron chi connectivity index (χ4n) is 5.65. The van der Waals surface area contributed by atoms with Crippen LogP contribution in [0.3, 0.4) is 0 Å². The number of halogens is 3. The molecular formula is C37H39F3N4O10. The second-order valence-electron chi connectivity index (χ2n) is 11.9. The Hall–Kier alpha value is -5.36. The summed E-state index contributed by atoms with van der Waals surface area (Å²) in [6.07, 6.45) is -4.38. The van der Waals surface area contributed by atoms with Gasteiger partial charge in [-0.2, -0.15) is 13.2 Å². The fraction of sp³-hybridized carbons (Fsp3) is 0.378. The van der Waals surface area contributed by atoms with Crippen LogP contribution < -0.4 is 16.0 Å². The van der Waals surface area contributed by atoms with E-state index in [1.165, 1.54) is 24.3 Å². The van der Waals surface area contributed by atoms with Gasteiger partial charge in [0, 0.05) is 24.3 Å². The second kappa shape index (κ2) is 19.1. The molecule has 3 N–H and O–H groups in total. The first-order valence-electron chi connectivity index (χ1n) is 17.1. The van der Waals surface area contributed by atoms with Gasteiger partial charge < -0.3 is 34.3 Å². The number of carbonyl (C=O) groups is 5. The maximum absolute atomic E-state index is 13.2. The van der Waals surface area contributed by atoms with Crippen LogP contribution in [-0.4, -0.2) is 107 Å². The van der Waals surface area contributed by atoms with E-state index in [1.807, 2.05) is 0 Å². The third kappa shape index (κ3) is 10.6. The molecule has 2 aliphatic rings. The van der Waals surface area contributed by atoms with Crippen LogP contribution in [0.15, 0.2) is 66.7 Å². The van der Waals surface area contributed by atoms with Crippen molar-refractivity contribution in [2.24, 2.45) is 0 Å². The molecule has 54 heavy (non-hydrogen) atoms. The van der Waals surface area contributed by atoms with Crippen molar-refractivity contribution in [3.63, 3.8) is 0 Å². The van der Waals surface area contributed by atoms with E-state index in [9.17, 15) is 37.1 Å². The molecule has 5 rings (SSSR count). The van der Waals surface area contributed by atoms with E-state index in [-0.39, 0.29) is 61.6 Å². The number of anilines is 3. The molecule has 1 unspecified atom stereocenters. The second-order valence-corrected chi connectivity index (χ2v) is 11.9. The highest BCUT2D eigenvalue weighted by Crippen LogP contribution is 2.33. The van der Waals surface area contributed by atoms with Crippen molar-refractivity contribution in [2.75, 3.05) is 76.6 Å². The van der Waals surface area contributed by atoms with Crippen LogP contribution in [0, 0.1) is 0 Å². The molecule has 14 nitrogen and oxygen atoms in total. The van der Waals surface area contributed by atoms with Gasteiger partial charge >= 0.3 is 12.1 Å². The fourth-order valence-corrected chi connectivity index (χ4v) is 5.65. The van der Waals surface area contributed by atoms with Gasteiger partial charge in [0.1, 0.15) is 12.6 Å². The zero-order valence-electron chi connectivity index (χ0n) is 29.1. The molecule has 0 spiro atoms. The van der Waals surface area contributed by atoms with E-state index in [0.29, 0.717) is 51.0 Å². The minimum atomic E-state index is -4.50. The van der Waals surface area contributed by atoms with Gasteiger partial charge in [-0.3, -0.25) is 29.4 Å². The first-order valence-corrected chi connectivity index (χ1v) is 17.1. The molecule has 17 heteroatoms. The van der Waals surface area contributed by atoms with Crippen LogP contribution in [0.25, 0.3) is 0 Å². The van der Waals surface area contributed by atoms with Crippen LogP contribution in [-0.2, 0) is 39.4 Å². The van der Waals surface area contributed by atoms with E-state index in [1.54, 1.807) is 30.3 Å². The number of amides is 4. The Labute approximate surface area is 308 Å². The Morgan fingerprint density at radius 1 is 0.759 bits per heavy atom. The Kier molecular flexibility index (Phi) is 14.1. The van der Waals surface area contributed by atoms with Crippen LogP contribution in [0.2, 0.25) is 0 Å². The number of nitrogens with one attached hydrogen (secondary N) is 3. The number of rotatable bonds is 20. The highest BCUT2D eigenvalue weighted by atomic mass is 19.4. The molecule has 0 aliphatic carbocycles. The first-order chi connectivity index (χ1) is 26.0. The number of ether oxygens (including phenoxy) is 5. The summed E-state index contributed by atoms with van der Waals surface area (Å²) in [5.74, 6) is -2.93. The van der Waals surface area contributed by atoms with Crippen LogP contribution in [0.5, 0.6) is 0 Å². The van der Waals surface area contributed by atoms with E-state index >= 15 is 0 Å². The SMILES string of the molecule is O=C1CCC(N2C(=O)c3cccc(NCCOCCOCCOCCOCCOC(=O)c4ccccc4Nc4cccc(C(F)(F)F)c4)c3C2=O)C(=O)N1. The Morgan fingerprint density at radius 2 is 1.39 bits per heavy atom. The molecule has 2 aliphatic heterocycles. The van der Waals surface area contributed by atoms with Crippen molar-refractivity contribution in [1.82, 2.24) is 10.2 Å². The lowest BCUT2D eigenvalue weighted by atomic mass is 10.0. The summed E-state index contributed by atoms with van der Waals surface area (Å²) in [6, 6.07) is 14.8. The number of para-hydroxylation sites is 1. The molecule has 4 amide bonds. The standard InChI is InChI=1S/C37H39F3N4O10/c38-37(39,40)24-5-3-6-25(23-24)42-28-9-2-1-7-26(28)36(49)54-22-21-53-20-19-52-18-17-51-16-15-50-14-13-41-29-10-4-8-27-32(29)35(48)44(34(27)47)30-11-12-31(45)43-33(30)46/h1-10,23,30,41-42H,11-22H2,(H,43,45,46). The molecule has 3 aromatic rings. The van der Waals surface area contributed by atoms with Gasteiger partial charge in [0.05, 0.1) is 80.8 Å². The van der Waals surface area contributed by atoms with Crippen molar-refractivity contribution in [2.45, 2.75) is 25.1 Å². The average Bonchev–Trinajstić information content (AvgIpc) is 3.40. The highest BCUT2D eigenvalue weighted by molar-refractivity contribution is 6.25. The number of piperidine rings is 1. The molecule has 1 atom stereocenters. The Morgan fingerprint density at radius 3 is 2.07 bits per heavy atom. The summed E-state index contributed by atoms with van der Waals surface area (Å²) in [5, 5.41) is 8.12. The molecule has 288 valence electrons. The van der Waals surface area contributed by atoms with Gasteiger partial charge in [-0.15, -0.1) is 0 Å². The zero-order valence-corrected chi connectivity index (χ0v) is 29.1. The number of benzene rings is 3. The van der Waals surface area contributed by atoms with E-state index in [2.05, 4.69) is 16.0 Å².